The highest BCUT2D eigenvalue weighted by atomic mass is 16.7. The number of benzene rings is 2. The van der Waals surface area contributed by atoms with Crippen molar-refractivity contribution in [2.45, 2.75) is 39.7 Å². The van der Waals surface area contributed by atoms with Crippen LogP contribution in [-0.2, 0) is 11.2 Å². The van der Waals surface area contributed by atoms with Crippen LogP contribution in [-0.4, -0.2) is 51.9 Å². The van der Waals surface area contributed by atoms with Crippen molar-refractivity contribution in [1.82, 2.24) is 0 Å². The van der Waals surface area contributed by atoms with Crippen molar-refractivity contribution in [2.75, 3.05) is 41.7 Å². The van der Waals surface area contributed by atoms with E-state index in [1.807, 2.05) is 26.0 Å². The van der Waals surface area contributed by atoms with E-state index in [-0.39, 0.29) is 18.6 Å². The van der Waals surface area contributed by atoms with Crippen LogP contribution >= 0.6 is 0 Å². The standard InChI is InChI=1S/C27H34NO5/c1-16-12-23(30-6)18(3)17(2)21(16)9-8-20(29)14-22-25-19(10-11-28(22,4)5)13-24-26(27(25)31-7)33-15-32-24/h8-9,12-13,22H,10-11,14-15H2,1-7H3/q+1. The molecule has 2 heterocycles. The molecule has 0 aromatic heterocycles. The van der Waals surface area contributed by atoms with Crippen LogP contribution in [0.2, 0.25) is 0 Å². The fourth-order valence-electron chi connectivity index (χ4n) is 5.08. The van der Waals surface area contributed by atoms with Crippen LogP contribution in [0.4, 0.5) is 0 Å². The molecule has 0 amide bonds. The maximum absolute atomic E-state index is 13.2. The largest absolute Gasteiger partial charge is 0.496 e. The molecule has 4 rings (SSSR count). The zero-order valence-corrected chi connectivity index (χ0v) is 20.7. The number of carbonyl (C=O) groups excluding carboxylic acids is 1. The zero-order valence-electron chi connectivity index (χ0n) is 20.7. The molecular weight excluding hydrogens is 418 g/mol. The third-order valence-electron chi connectivity index (χ3n) is 7.24. The lowest BCUT2D eigenvalue weighted by Crippen LogP contribution is -2.48. The number of allylic oxidation sites excluding steroid dienone is 1. The average Bonchev–Trinajstić information content (AvgIpc) is 3.25. The molecule has 0 N–H and O–H groups in total. The Hall–Kier alpha value is -2.99. The average molecular weight is 453 g/mol. The van der Waals surface area contributed by atoms with Gasteiger partial charge in [-0.25, -0.2) is 0 Å². The number of likely N-dealkylation sites (N-methyl/N-ethyl adjacent to an activating group) is 1. The van der Waals surface area contributed by atoms with Crippen LogP contribution in [0.1, 0.15) is 45.8 Å². The molecule has 0 bridgehead atoms. The molecule has 2 aliphatic rings. The van der Waals surface area contributed by atoms with Gasteiger partial charge < -0.3 is 23.4 Å². The van der Waals surface area contributed by atoms with Gasteiger partial charge in [0.25, 0.3) is 0 Å². The number of hydrogen-bond acceptors (Lipinski definition) is 5. The topological polar surface area (TPSA) is 54.0 Å². The van der Waals surface area contributed by atoms with Gasteiger partial charge in [0.15, 0.2) is 17.3 Å². The lowest BCUT2D eigenvalue weighted by atomic mass is 9.86. The molecular formula is C27H34NO5+. The van der Waals surface area contributed by atoms with Gasteiger partial charge >= 0.3 is 0 Å². The van der Waals surface area contributed by atoms with E-state index in [0.717, 1.165) is 52.3 Å². The van der Waals surface area contributed by atoms with Crippen molar-refractivity contribution in [3.8, 4) is 23.0 Å². The third-order valence-corrected chi connectivity index (χ3v) is 7.24. The predicted octanol–water partition coefficient (Wildman–Crippen LogP) is 4.70. The van der Waals surface area contributed by atoms with E-state index in [1.54, 1.807) is 20.3 Å². The summed E-state index contributed by atoms with van der Waals surface area (Å²) in [6.07, 6.45) is 4.95. The first-order valence-corrected chi connectivity index (χ1v) is 11.4. The Morgan fingerprint density at radius 2 is 1.88 bits per heavy atom. The molecule has 2 aliphatic heterocycles. The number of fused-ring (bicyclic) bond motifs is 2. The number of ketones is 1. The SMILES string of the molecule is COc1cc(C)c(C=CC(=O)CC2c3c(cc4c(c3OC)OCO4)CC[N+]2(C)C)c(C)c1C. The Morgan fingerprint density at radius 3 is 2.58 bits per heavy atom. The number of rotatable bonds is 6. The second-order valence-electron chi connectivity index (χ2n) is 9.55. The number of methoxy groups -OCH3 is 2. The first kappa shape index (κ1) is 23.2. The molecule has 0 spiro atoms. The van der Waals surface area contributed by atoms with Crippen molar-refractivity contribution in [2.24, 2.45) is 0 Å². The number of hydrogen-bond donors (Lipinski definition) is 0. The lowest BCUT2D eigenvalue weighted by Gasteiger charge is -2.43. The van der Waals surface area contributed by atoms with Crippen LogP contribution < -0.4 is 18.9 Å². The van der Waals surface area contributed by atoms with Gasteiger partial charge in [-0.3, -0.25) is 4.79 Å². The van der Waals surface area contributed by atoms with E-state index in [9.17, 15) is 4.79 Å². The quantitative estimate of drug-likeness (QED) is 0.470. The molecule has 2 aromatic carbocycles. The van der Waals surface area contributed by atoms with Gasteiger partial charge in [-0.2, -0.15) is 0 Å². The van der Waals surface area contributed by atoms with Crippen molar-refractivity contribution in [3.05, 3.63) is 51.6 Å². The third kappa shape index (κ3) is 4.08. The maximum Gasteiger partial charge on any atom is 0.231 e. The molecule has 0 fully saturated rings. The summed E-state index contributed by atoms with van der Waals surface area (Å²) in [5, 5.41) is 0. The van der Waals surface area contributed by atoms with Crippen LogP contribution in [0.15, 0.2) is 18.2 Å². The van der Waals surface area contributed by atoms with Gasteiger partial charge in [0.2, 0.25) is 12.5 Å². The van der Waals surface area contributed by atoms with Crippen molar-refractivity contribution in [3.63, 3.8) is 0 Å². The van der Waals surface area contributed by atoms with Gasteiger partial charge in [0.05, 0.1) is 46.8 Å². The number of nitrogens with zero attached hydrogens (tertiary/aromatic N) is 1. The summed E-state index contributed by atoms with van der Waals surface area (Å²) in [7, 11) is 7.69. The molecule has 2 aromatic rings. The minimum absolute atomic E-state index is 0.0323. The summed E-state index contributed by atoms with van der Waals surface area (Å²) in [6, 6.07) is 4.05. The molecule has 1 atom stereocenters. The summed E-state index contributed by atoms with van der Waals surface area (Å²) in [6.45, 7) is 7.29. The Kier molecular flexibility index (Phi) is 6.14. The molecule has 0 radical (unpaired) electrons. The smallest absolute Gasteiger partial charge is 0.231 e. The van der Waals surface area contributed by atoms with Crippen molar-refractivity contribution < 1.29 is 28.2 Å². The summed E-state index contributed by atoms with van der Waals surface area (Å²) < 4.78 is 23.3. The summed E-state index contributed by atoms with van der Waals surface area (Å²) >= 11 is 0. The van der Waals surface area contributed by atoms with E-state index in [0.29, 0.717) is 22.4 Å². The van der Waals surface area contributed by atoms with E-state index in [1.165, 1.54) is 5.56 Å². The highest BCUT2D eigenvalue weighted by Gasteiger charge is 2.41. The summed E-state index contributed by atoms with van der Waals surface area (Å²) in [4.78, 5) is 13.2. The second kappa shape index (κ2) is 8.75. The van der Waals surface area contributed by atoms with Crippen LogP contribution in [0.3, 0.4) is 0 Å². The van der Waals surface area contributed by atoms with Crippen molar-refractivity contribution in [1.29, 1.82) is 0 Å². The van der Waals surface area contributed by atoms with Gasteiger partial charge in [-0.05, 0) is 66.8 Å². The number of ether oxygens (including phenoxy) is 4. The molecule has 0 saturated carbocycles. The Bertz CT molecular complexity index is 1130. The van der Waals surface area contributed by atoms with Gasteiger partial charge in [0, 0.05) is 6.42 Å². The summed E-state index contributed by atoms with van der Waals surface area (Å²) in [5.74, 6) is 3.03. The van der Waals surface area contributed by atoms with Crippen LogP contribution in [0.5, 0.6) is 23.0 Å². The number of quaternary nitrogens is 1. The molecule has 0 saturated heterocycles. The van der Waals surface area contributed by atoms with Crippen LogP contribution in [0, 0.1) is 20.8 Å². The first-order valence-electron chi connectivity index (χ1n) is 11.4. The lowest BCUT2D eigenvalue weighted by molar-refractivity contribution is -0.922. The highest BCUT2D eigenvalue weighted by molar-refractivity contribution is 5.94. The van der Waals surface area contributed by atoms with Gasteiger partial charge in [-0.1, -0.05) is 6.08 Å². The predicted molar refractivity (Wildman–Crippen MR) is 128 cm³/mol. The Labute approximate surface area is 196 Å². The normalized spacial score (nSPS) is 18.3. The van der Waals surface area contributed by atoms with E-state index in [4.69, 9.17) is 18.9 Å². The first-order chi connectivity index (χ1) is 15.7. The number of carbonyl (C=O) groups is 1. The molecule has 1 unspecified atom stereocenters. The molecule has 6 heteroatoms. The molecule has 6 nitrogen and oxygen atoms in total. The second-order valence-corrected chi connectivity index (χ2v) is 9.55. The van der Waals surface area contributed by atoms with E-state index in [2.05, 4.69) is 27.1 Å². The zero-order chi connectivity index (χ0) is 23.9. The maximum atomic E-state index is 13.2. The van der Waals surface area contributed by atoms with Gasteiger partial charge in [-0.15, -0.1) is 0 Å². The van der Waals surface area contributed by atoms with Crippen LogP contribution in [0.25, 0.3) is 6.08 Å². The van der Waals surface area contributed by atoms with E-state index < -0.39 is 0 Å². The molecule has 33 heavy (non-hydrogen) atoms. The fourth-order valence-corrected chi connectivity index (χ4v) is 5.08. The Morgan fingerprint density at radius 1 is 1.12 bits per heavy atom. The van der Waals surface area contributed by atoms with Crippen molar-refractivity contribution >= 4 is 11.9 Å². The summed E-state index contributed by atoms with van der Waals surface area (Å²) in [5.41, 5.74) is 6.62. The minimum Gasteiger partial charge on any atom is -0.496 e. The number of aryl methyl sites for hydroxylation is 1. The van der Waals surface area contributed by atoms with Gasteiger partial charge in [0.1, 0.15) is 11.8 Å². The minimum atomic E-state index is -0.0323. The fraction of sp³-hybridized carbons (Fsp3) is 0.444. The Balaban J connectivity index is 1.66. The molecule has 0 aliphatic carbocycles. The monoisotopic (exact) mass is 452 g/mol. The van der Waals surface area contributed by atoms with E-state index >= 15 is 0 Å². The molecule has 176 valence electrons. The highest BCUT2D eigenvalue weighted by Crippen LogP contribution is 2.51.